The highest BCUT2D eigenvalue weighted by Crippen LogP contribution is 2.42. The van der Waals surface area contributed by atoms with Crippen LogP contribution >= 0.6 is 0 Å². The molecule has 5 rings (SSSR count). The number of aryl methyl sites for hydroxylation is 1. The minimum atomic E-state index is -2.80. The number of rotatable bonds is 20. The Morgan fingerprint density at radius 1 is 0.879 bits per heavy atom. The number of carbonyl (C=O) groups is 1. The van der Waals surface area contributed by atoms with Crippen molar-refractivity contribution >= 4 is 58.2 Å². The molecule has 362 valence electrons. The first-order chi connectivity index (χ1) is 30.7. The lowest BCUT2D eigenvalue weighted by Gasteiger charge is -2.45. The molecular weight excluding hydrogens is 877 g/mol. The lowest BCUT2D eigenvalue weighted by Crippen LogP contribution is -2.67. The summed E-state index contributed by atoms with van der Waals surface area (Å²) in [5.74, 6) is -0.921. The van der Waals surface area contributed by atoms with Gasteiger partial charge in [-0.3, -0.25) is 0 Å². The molecule has 0 aliphatic carbocycles. The fourth-order valence-electron chi connectivity index (χ4n) is 8.29. The van der Waals surface area contributed by atoms with Gasteiger partial charge in [-0.05, 0) is 72.7 Å². The van der Waals surface area contributed by atoms with Gasteiger partial charge in [0.2, 0.25) is 0 Å². The highest BCUT2D eigenvalue weighted by molar-refractivity contribution is 6.99. The average molecular weight is 957 g/mol. The van der Waals surface area contributed by atoms with E-state index in [0.717, 1.165) is 11.6 Å². The van der Waals surface area contributed by atoms with Gasteiger partial charge < -0.3 is 37.1 Å². The molecule has 13 heteroatoms. The Hall–Kier alpha value is -3.67. The van der Waals surface area contributed by atoms with E-state index in [-0.39, 0.29) is 35.0 Å². The van der Waals surface area contributed by atoms with E-state index in [9.17, 15) is 4.79 Å². The third-order valence-electron chi connectivity index (χ3n) is 13.2. The standard InChI is InChI=1S/C53H80N2O8Si3/c1-38(39(2)62-66(52(6,7)8,40-25-20-18-21-26-40)41-27-22-19-23-28-41)31-32-45(63-65(16,17)51(3,4)5)49-44(60-53(9,10)61-49)30-24-29-42-47(50(56)58-33-34-64(13,14)15)46(59-37-57-12)35-43-48(42)54-36-55(43)11/h18-29,31-32,35-36,38-39,44-45,49H,30,33-34,37H2,1-17H3/t38-,39?,44+,45?,49+/m1/s1. The van der Waals surface area contributed by atoms with Crippen LogP contribution in [0.4, 0.5) is 0 Å². The summed E-state index contributed by atoms with van der Waals surface area (Å²) in [7, 11) is -3.14. The lowest BCUT2D eigenvalue weighted by atomic mass is 9.99. The molecule has 0 amide bonds. The number of hydrogen-bond donors (Lipinski definition) is 0. The third kappa shape index (κ3) is 12.7. The summed E-state index contributed by atoms with van der Waals surface area (Å²) in [6.07, 6.45) is 9.30. The van der Waals surface area contributed by atoms with Crippen LogP contribution in [0.15, 0.2) is 91.3 Å². The van der Waals surface area contributed by atoms with E-state index in [2.05, 4.69) is 161 Å². The molecule has 5 atom stereocenters. The predicted molar refractivity (Wildman–Crippen MR) is 278 cm³/mol. The number of fused-ring (bicyclic) bond motifs is 1. The van der Waals surface area contributed by atoms with Crippen LogP contribution in [0.2, 0.25) is 48.9 Å². The molecule has 3 aromatic carbocycles. The molecule has 0 radical (unpaired) electrons. The number of methoxy groups -OCH3 is 1. The van der Waals surface area contributed by atoms with Crippen LogP contribution in [0, 0.1) is 5.92 Å². The van der Waals surface area contributed by atoms with Gasteiger partial charge in [-0.2, -0.15) is 0 Å². The topological polar surface area (TPSA) is 99.5 Å². The number of esters is 1. The molecule has 0 N–H and O–H groups in total. The fourth-order valence-corrected chi connectivity index (χ4v) is 15.0. The van der Waals surface area contributed by atoms with Crippen molar-refractivity contribution in [3.05, 3.63) is 102 Å². The summed E-state index contributed by atoms with van der Waals surface area (Å²) in [4.78, 5) is 18.8. The molecule has 0 saturated carbocycles. The van der Waals surface area contributed by atoms with Gasteiger partial charge in [0.05, 0.1) is 36.2 Å². The number of aromatic nitrogens is 2. The molecule has 0 spiro atoms. The number of nitrogens with zero attached hydrogens (tertiary/aromatic N) is 2. The maximum atomic E-state index is 14.0. The van der Waals surface area contributed by atoms with Crippen molar-refractivity contribution in [2.24, 2.45) is 13.0 Å². The summed E-state index contributed by atoms with van der Waals surface area (Å²) in [5.41, 5.74) is 2.41. The van der Waals surface area contributed by atoms with Crippen molar-refractivity contribution in [3.63, 3.8) is 0 Å². The van der Waals surface area contributed by atoms with Gasteiger partial charge >= 0.3 is 5.97 Å². The molecule has 2 heterocycles. The van der Waals surface area contributed by atoms with Gasteiger partial charge in [0, 0.05) is 40.0 Å². The lowest BCUT2D eigenvalue weighted by molar-refractivity contribution is -0.151. The van der Waals surface area contributed by atoms with E-state index in [4.69, 9.17) is 37.5 Å². The fraction of sp³-hybridized carbons (Fsp3) is 0.547. The Labute approximate surface area is 399 Å². The molecule has 1 aliphatic heterocycles. The first-order valence-corrected chi connectivity index (χ1v) is 32.2. The summed E-state index contributed by atoms with van der Waals surface area (Å²) in [6, 6.07) is 24.3. The molecule has 1 aliphatic rings. The molecule has 1 aromatic heterocycles. The first kappa shape index (κ1) is 53.3. The zero-order valence-electron chi connectivity index (χ0n) is 43.1. The maximum absolute atomic E-state index is 14.0. The quantitative estimate of drug-likeness (QED) is 0.0371. The van der Waals surface area contributed by atoms with Gasteiger partial charge in [0.25, 0.3) is 8.32 Å². The zero-order valence-corrected chi connectivity index (χ0v) is 46.1. The Balaban J connectivity index is 1.51. The molecule has 66 heavy (non-hydrogen) atoms. The van der Waals surface area contributed by atoms with E-state index < -0.39 is 48.7 Å². The SMILES string of the molecule is COCOc1cc2c(ncn2C)c(C=CC[C@@H]2OC(C)(C)O[C@@H]2C(C=C[C@@H](C)C(C)O[Si](c2ccccc2)(c2ccccc2)C(C)(C)C)O[Si](C)(C)C(C)(C)C)c1C(=O)OCC[Si](C)(C)C. The van der Waals surface area contributed by atoms with Crippen LogP contribution < -0.4 is 15.1 Å². The van der Waals surface area contributed by atoms with Crippen LogP contribution in [0.1, 0.15) is 91.6 Å². The molecular formula is C53H80N2O8Si3. The van der Waals surface area contributed by atoms with Gasteiger partial charge in [0.15, 0.2) is 20.9 Å². The van der Waals surface area contributed by atoms with E-state index in [0.29, 0.717) is 35.4 Å². The maximum Gasteiger partial charge on any atom is 0.342 e. The normalized spacial score (nSPS) is 18.9. The largest absolute Gasteiger partial charge is 0.467 e. The van der Waals surface area contributed by atoms with Crippen molar-refractivity contribution in [2.75, 3.05) is 20.5 Å². The Morgan fingerprint density at radius 2 is 1.48 bits per heavy atom. The number of hydrogen-bond acceptors (Lipinski definition) is 9. The van der Waals surface area contributed by atoms with Crippen molar-refractivity contribution in [1.29, 1.82) is 0 Å². The number of carbonyl (C=O) groups excluding carboxylic acids is 1. The van der Waals surface area contributed by atoms with Gasteiger partial charge in [-0.25, -0.2) is 9.78 Å². The molecule has 1 fully saturated rings. The summed E-state index contributed by atoms with van der Waals surface area (Å²) < 4.78 is 47.6. The van der Waals surface area contributed by atoms with Gasteiger partial charge in [0.1, 0.15) is 17.4 Å². The second-order valence-corrected chi connectivity index (χ2v) is 36.9. The second-order valence-electron chi connectivity index (χ2n) is 22.2. The van der Waals surface area contributed by atoms with Crippen LogP contribution in [0.25, 0.3) is 17.1 Å². The molecule has 1 saturated heterocycles. The van der Waals surface area contributed by atoms with E-state index in [1.807, 2.05) is 43.7 Å². The van der Waals surface area contributed by atoms with Crippen LogP contribution in [-0.2, 0) is 34.8 Å². The average Bonchev–Trinajstić information content (AvgIpc) is 3.76. The van der Waals surface area contributed by atoms with E-state index in [1.165, 1.54) is 10.4 Å². The minimum Gasteiger partial charge on any atom is -0.467 e. The Morgan fingerprint density at radius 3 is 2.03 bits per heavy atom. The molecule has 10 nitrogen and oxygen atoms in total. The van der Waals surface area contributed by atoms with Crippen molar-refractivity contribution in [1.82, 2.24) is 9.55 Å². The summed E-state index contributed by atoms with van der Waals surface area (Å²) in [6.45, 7) is 33.7. The number of benzene rings is 3. The zero-order chi connectivity index (χ0) is 48.9. The van der Waals surface area contributed by atoms with Crippen LogP contribution in [0.3, 0.4) is 0 Å². The van der Waals surface area contributed by atoms with Gasteiger partial charge in [-0.15, -0.1) is 0 Å². The third-order valence-corrected chi connectivity index (χ3v) is 24.5. The van der Waals surface area contributed by atoms with Crippen LogP contribution in [-0.4, -0.2) is 90.9 Å². The molecule has 2 unspecified atom stereocenters. The first-order valence-electron chi connectivity index (χ1n) is 23.7. The van der Waals surface area contributed by atoms with Crippen molar-refractivity contribution in [2.45, 2.75) is 155 Å². The highest BCUT2D eigenvalue weighted by Gasteiger charge is 2.52. The van der Waals surface area contributed by atoms with Crippen LogP contribution in [0.5, 0.6) is 5.75 Å². The monoisotopic (exact) mass is 957 g/mol. The predicted octanol–water partition coefficient (Wildman–Crippen LogP) is 11.5. The number of imidazole rings is 1. The minimum absolute atomic E-state index is 0.0299. The van der Waals surface area contributed by atoms with E-state index in [1.54, 1.807) is 13.4 Å². The van der Waals surface area contributed by atoms with Gasteiger partial charge in [-0.1, -0.05) is 153 Å². The number of ether oxygens (including phenoxy) is 5. The Kier molecular flexibility index (Phi) is 17.2. The smallest absolute Gasteiger partial charge is 0.342 e. The highest BCUT2D eigenvalue weighted by atomic mass is 28.4. The summed E-state index contributed by atoms with van der Waals surface area (Å²) >= 11 is 0. The van der Waals surface area contributed by atoms with Crippen molar-refractivity contribution in [3.8, 4) is 5.75 Å². The van der Waals surface area contributed by atoms with Crippen molar-refractivity contribution < 1.29 is 37.3 Å². The summed E-state index contributed by atoms with van der Waals surface area (Å²) in [5, 5.41) is 2.30. The second kappa shape index (κ2) is 21.3. The molecule has 4 aromatic rings. The molecule has 0 bridgehead atoms. The Bertz CT molecular complexity index is 2230. The van der Waals surface area contributed by atoms with E-state index >= 15 is 0 Å².